The van der Waals surface area contributed by atoms with E-state index >= 15 is 0 Å². The van der Waals surface area contributed by atoms with Gasteiger partial charge in [0.15, 0.2) is 5.82 Å². The van der Waals surface area contributed by atoms with Crippen molar-refractivity contribution < 1.29 is 8.83 Å². The van der Waals surface area contributed by atoms with E-state index in [2.05, 4.69) is 127 Å². The van der Waals surface area contributed by atoms with Crippen molar-refractivity contribution in [3.8, 4) is 33.8 Å². The van der Waals surface area contributed by atoms with Crippen LogP contribution in [-0.4, -0.2) is 9.97 Å². The number of rotatable bonds is 3. The van der Waals surface area contributed by atoms with Crippen LogP contribution < -0.4 is 0 Å². The summed E-state index contributed by atoms with van der Waals surface area (Å²) >= 11 is 1.74. The average Bonchev–Trinajstić information content (AvgIpc) is 3.85. The van der Waals surface area contributed by atoms with E-state index in [0.29, 0.717) is 5.82 Å². The minimum Gasteiger partial charge on any atom is -0.456 e. The molecule has 0 N–H and O–H groups in total. The Morgan fingerprint density at radius 3 is 2.08 bits per heavy atom. The van der Waals surface area contributed by atoms with Gasteiger partial charge in [-0.2, -0.15) is 0 Å². The lowest BCUT2D eigenvalue weighted by molar-refractivity contribution is 0.669. The van der Waals surface area contributed by atoms with E-state index in [-0.39, 0.29) is 0 Å². The Morgan fingerprint density at radius 1 is 0.449 bits per heavy atom. The molecule has 0 spiro atoms. The number of hydrogen-bond acceptors (Lipinski definition) is 5. The van der Waals surface area contributed by atoms with Crippen molar-refractivity contribution in [3.05, 3.63) is 146 Å². The minimum absolute atomic E-state index is 0.681. The number of furan rings is 2. The fourth-order valence-electron chi connectivity index (χ4n) is 7.47. The van der Waals surface area contributed by atoms with E-state index < -0.39 is 0 Å². The fourth-order valence-corrected chi connectivity index (χ4v) is 8.63. The van der Waals surface area contributed by atoms with Gasteiger partial charge in [0.2, 0.25) is 0 Å². The first-order valence-electron chi connectivity index (χ1n) is 16.3. The molecule has 4 heterocycles. The molecule has 0 saturated heterocycles. The Bertz CT molecular complexity index is 3110. The zero-order valence-electron chi connectivity index (χ0n) is 26.0. The standard InChI is InChI=1S/C44H24N2O2S/c1-2-11-25(12-3-1)27-17-10-19-36-39(27)34-24-33(28-13-4-5-15-31(28)42(34)48-36)44-45-40(43-41(46-44)32-16-7-9-20-38(32)49-43)26-21-22-30-29-14-6-8-18-35(29)47-37(30)23-26/h1-24H. The number of hydrogen-bond donors (Lipinski definition) is 0. The molecule has 0 aliphatic heterocycles. The number of thiophene rings is 1. The molecule has 0 amide bonds. The molecule has 7 aromatic carbocycles. The maximum absolute atomic E-state index is 6.64. The normalized spacial score (nSPS) is 12.1. The van der Waals surface area contributed by atoms with E-state index in [4.69, 9.17) is 18.8 Å². The van der Waals surface area contributed by atoms with E-state index in [9.17, 15) is 0 Å². The molecule has 0 aliphatic rings. The maximum atomic E-state index is 6.64. The van der Waals surface area contributed by atoms with Gasteiger partial charge in [0, 0.05) is 48.1 Å². The summed E-state index contributed by atoms with van der Waals surface area (Å²) in [5, 5.41) is 7.56. The molecule has 0 saturated carbocycles. The summed E-state index contributed by atoms with van der Waals surface area (Å²) in [6, 6.07) is 50.6. The van der Waals surface area contributed by atoms with Crippen molar-refractivity contribution in [1.82, 2.24) is 9.97 Å². The second-order valence-corrected chi connectivity index (χ2v) is 13.5. The van der Waals surface area contributed by atoms with Gasteiger partial charge in [-0.3, -0.25) is 0 Å². The van der Waals surface area contributed by atoms with Crippen LogP contribution in [0.1, 0.15) is 0 Å². The summed E-state index contributed by atoms with van der Waals surface area (Å²) in [5.41, 5.74) is 9.56. The van der Waals surface area contributed by atoms with Gasteiger partial charge >= 0.3 is 0 Å². The third-order valence-corrected chi connectivity index (χ3v) is 10.9. The van der Waals surface area contributed by atoms with Crippen molar-refractivity contribution in [1.29, 1.82) is 0 Å². The van der Waals surface area contributed by atoms with E-state index in [1.165, 1.54) is 4.70 Å². The van der Waals surface area contributed by atoms with E-state index in [0.717, 1.165) is 98.2 Å². The Kier molecular flexibility index (Phi) is 5.51. The summed E-state index contributed by atoms with van der Waals surface area (Å²) in [4.78, 5) is 10.8. The minimum atomic E-state index is 0.681. The molecule has 11 rings (SSSR count). The Balaban J connectivity index is 1.24. The van der Waals surface area contributed by atoms with E-state index in [1.54, 1.807) is 11.3 Å². The van der Waals surface area contributed by atoms with E-state index in [1.807, 2.05) is 18.2 Å². The summed E-state index contributed by atoms with van der Waals surface area (Å²) in [6.45, 7) is 0. The highest BCUT2D eigenvalue weighted by molar-refractivity contribution is 7.26. The van der Waals surface area contributed by atoms with Crippen molar-refractivity contribution in [2.75, 3.05) is 0 Å². The quantitative estimate of drug-likeness (QED) is 0.192. The van der Waals surface area contributed by atoms with Crippen molar-refractivity contribution in [3.63, 3.8) is 0 Å². The smallest absolute Gasteiger partial charge is 0.161 e. The van der Waals surface area contributed by atoms with Crippen LogP contribution in [0, 0.1) is 0 Å². The second-order valence-electron chi connectivity index (χ2n) is 12.5. The number of nitrogens with zero attached hydrogens (tertiary/aromatic N) is 2. The summed E-state index contributed by atoms with van der Waals surface area (Å²) < 4.78 is 15.2. The Hall–Kier alpha value is -6.30. The van der Waals surface area contributed by atoms with Crippen LogP contribution >= 0.6 is 11.3 Å². The summed E-state index contributed by atoms with van der Waals surface area (Å²) in [7, 11) is 0. The summed E-state index contributed by atoms with van der Waals surface area (Å²) in [5.74, 6) is 0.681. The van der Waals surface area contributed by atoms with Crippen molar-refractivity contribution >= 4 is 86.3 Å². The molecule has 228 valence electrons. The molecule has 0 aliphatic carbocycles. The molecule has 0 unspecified atom stereocenters. The van der Waals surface area contributed by atoms with Gasteiger partial charge in [-0.15, -0.1) is 11.3 Å². The number of para-hydroxylation sites is 1. The Morgan fingerprint density at radius 2 is 1.18 bits per heavy atom. The van der Waals surface area contributed by atoms with Gasteiger partial charge < -0.3 is 8.83 Å². The molecule has 4 aromatic heterocycles. The SMILES string of the molecule is c1ccc(-c2cccc3oc4c5ccccc5c(-c5nc(-c6ccc7c(c6)oc6ccccc67)c6sc7ccccc7c6n5)cc4c23)cc1. The third kappa shape index (κ3) is 3.91. The third-order valence-electron chi connectivity index (χ3n) is 9.70. The van der Waals surface area contributed by atoms with Gasteiger partial charge in [-0.05, 0) is 52.9 Å². The number of aromatic nitrogens is 2. The van der Waals surface area contributed by atoms with Gasteiger partial charge in [0.1, 0.15) is 22.3 Å². The molecule has 11 aromatic rings. The lowest BCUT2D eigenvalue weighted by Crippen LogP contribution is -1.95. The summed E-state index contributed by atoms with van der Waals surface area (Å²) in [6.07, 6.45) is 0. The van der Waals surface area contributed by atoms with Crippen molar-refractivity contribution in [2.45, 2.75) is 0 Å². The van der Waals surface area contributed by atoms with Crippen LogP contribution in [-0.2, 0) is 0 Å². The number of fused-ring (bicyclic) bond motifs is 11. The van der Waals surface area contributed by atoms with Crippen LogP contribution in [0.15, 0.2) is 154 Å². The molecular weight excluding hydrogens is 621 g/mol. The van der Waals surface area contributed by atoms with Gasteiger partial charge in [0.25, 0.3) is 0 Å². The predicted octanol–water partition coefficient (Wildman–Crippen LogP) is 12.8. The Labute approximate surface area is 283 Å². The molecule has 0 bridgehead atoms. The molecular formula is C44H24N2O2S. The highest BCUT2D eigenvalue weighted by Crippen LogP contribution is 2.45. The van der Waals surface area contributed by atoms with Crippen molar-refractivity contribution in [2.24, 2.45) is 0 Å². The van der Waals surface area contributed by atoms with Gasteiger partial charge in [0.05, 0.1) is 15.9 Å². The molecule has 0 fully saturated rings. The van der Waals surface area contributed by atoms with Gasteiger partial charge in [-0.25, -0.2) is 9.97 Å². The van der Waals surface area contributed by atoms with Crippen LogP contribution in [0.2, 0.25) is 0 Å². The highest BCUT2D eigenvalue weighted by Gasteiger charge is 2.22. The maximum Gasteiger partial charge on any atom is 0.161 e. The zero-order chi connectivity index (χ0) is 32.1. The lowest BCUT2D eigenvalue weighted by atomic mass is 9.95. The zero-order valence-corrected chi connectivity index (χ0v) is 26.8. The average molecular weight is 645 g/mol. The largest absolute Gasteiger partial charge is 0.456 e. The van der Waals surface area contributed by atoms with Crippen LogP contribution in [0.3, 0.4) is 0 Å². The monoisotopic (exact) mass is 644 g/mol. The van der Waals surface area contributed by atoms with Gasteiger partial charge in [-0.1, -0.05) is 109 Å². The molecule has 4 nitrogen and oxygen atoms in total. The fraction of sp³-hybridized carbons (Fsp3) is 0. The number of benzene rings is 7. The highest BCUT2D eigenvalue weighted by atomic mass is 32.1. The topological polar surface area (TPSA) is 52.1 Å². The molecule has 0 atom stereocenters. The predicted molar refractivity (Wildman–Crippen MR) is 203 cm³/mol. The molecule has 5 heteroatoms. The first-order valence-corrected chi connectivity index (χ1v) is 17.1. The van der Waals surface area contributed by atoms with Crippen LogP contribution in [0.25, 0.3) is 109 Å². The first kappa shape index (κ1) is 26.7. The second kappa shape index (κ2) is 10.1. The molecule has 49 heavy (non-hydrogen) atoms. The lowest BCUT2D eigenvalue weighted by Gasteiger charge is -2.11. The first-order chi connectivity index (χ1) is 24.3. The van der Waals surface area contributed by atoms with Crippen LogP contribution in [0.5, 0.6) is 0 Å². The van der Waals surface area contributed by atoms with Crippen LogP contribution in [0.4, 0.5) is 0 Å². The molecule has 0 radical (unpaired) electrons.